The van der Waals surface area contributed by atoms with E-state index in [4.69, 9.17) is 22.1 Å². The lowest BCUT2D eigenvalue weighted by Gasteiger charge is -2.35. The van der Waals surface area contributed by atoms with Gasteiger partial charge in [-0.25, -0.2) is 0 Å². The number of aromatic nitrogens is 2. The Kier molecular flexibility index (Phi) is 4.94. The summed E-state index contributed by atoms with van der Waals surface area (Å²) >= 11 is 6.05. The Morgan fingerprint density at radius 2 is 2.16 bits per heavy atom. The fourth-order valence-corrected chi connectivity index (χ4v) is 3.31. The maximum absolute atomic E-state index is 13.1. The van der Waals surface area contributed by atoms with Gasteiger partial charge >= 0.3 is 0 Å². The first-order valence-corrected chi connectivity index (χ1v) is 8.38. The lowest BCUT2D eigenvalue weighted by molar-refractivity contribution is 0.0602. The van der Waals surface area contributed by atoms with Gasteiger partial charge in [0.25, 0.3) is 11.8 Å². The van der Waals surface area contributed by atoms with Crippen LogP contribution < -0.4 is 10.5 Å². The van der Waals surface area contributed by atoms with Crippen LogP contribution in [-0.2, 0) is 0 Å². The van der Waals surface area contributed by atoms with E-state index in [9.17, 15) is 9.59 Å². The molecule has 1 saturated heterocycles. The summed E-state index contributed by atoms with van der Waals surface area (Å²) in [6.07, 6.45) is 2.66. The largest absolute Gasteiger partial charge is 0.496 e. The number of nitrogens with one attached hydrogen (secondary N) is 1. The Labute approximate surface area is 150 Å². The predicted molar refractivity (Wildman–Crippen MR) is 92.7 cm³/mol. The molecule has 1 aliphatic rings. The number of ether oxygens (including phenoxy) is 1. The van der Waals surface area contributed by atoms with Crippen LogP contribution in [0.3, 0.4) is 0 Å². The number of rotatable bonds is 4. The van der Waals surface area contributed by atoms with Gasteiger partial charge in [-0.2, -0.15) is 5.10 Å². The molecule has 1 aliphatic heterocycles. The minimum absolute atomic E-state index is 0.160. The number of piperidine rings is 1. The molecule has 1 aromatic heterocycles. The fourth-order valence-electron chi connectivity index (χ4n) is 3.13. The highest BCUT2D eigenvalue weighted by Gasteiger charge is 2.31. The molecule has 132 valence electrons. The molecule has 3 rings (SSSR count). The molecule has 0 spiro atoms. The SMILES string of the molecule is COc1ccc(Cl)cc1C(=O)N1CCCCC1c1cc(C(N)=O)n[nH]1. The van der Waals surface area contributed by atoms with Crippen LogP contribution in [0.5, 0.6) is 5.75 Å². The van der Waals surface area contributed by atoms with Crippen molar-refractivity contribution in [3.63, 3.8) is 0 Å². The number of carbonyl (C=O) groups excluding carboxylic acids is 2. The normalized spacial score (nSPS) is 17.4. The van der Waals surface area contributed by atoms with Crippen molar-refractivity contribution in [2.45, 2.75) is 25.3 Å². The first kappa shape index (κ1) is 17.3. The van der Waals surface area contributed by atoms with E-state index in [1.807, 2.05) is 0 Å². The standard InChI is InChI=1S/C17H19ClN4O3/c1-25-15-6-5-10(18)8-11(15)17(24)22-7-3-2-4-14(22)12-9-13(16(19)23)21-20-12/h5-6,8-9,14H,2-4,7H2,1H3,(H2,19,23)(H,20,21). The molecule has 0 aliphatic carbocycles. The van der Waals surface area contributed by atoms with Crippen LogP contribution in [0, 0.1) is 0 Å². The first-order chi connectivity index (χ1) is 12.0. The van der Waals surface area contributed by atoms with Crippen LogP contribution in [0.25, 0.3) is 0 Å². The first-order valence-electron chi connectivity index (χ1n) is 8.01. The lowest BCUT2D eigenvalue weighted by atomic mass is 9.97. The molecule has 1 atom stereocenters. The van der Waals surface area contributed by atoms with Crippen LogP contribution in [0.4, 0.5) is 0 Å². The second-order valence-electron chi connectivity index (χ2n) is 5.93. The summed E-state index contributed by atoms with van der Waals surface area (Å²) in [5.74, 6) is -0.298. The van der Waals surface area contributed by atoms with E-state index in [0.717, 1.165) is 19.3 Å². The number of aromatic amines is 1. The highest BCUT2D eigenvalue weighted by Crippen LogP contribution is 2.33. The molecule has 2 amide bonds. The zero-order valence-electron chi connectivity index (χ0n) is 13.8. The minimum atomic E-state index is -0.604. The summed E-state index contributed by atoms with van der Waals surface area (Å²) in [5.41, 5.74) is 6.53. The third-order valence-electron chi connectivity index (χ3n) is 4.36. The van der Waals surface area contributed by atoms with Gasteiger partial charge in [0.1, 0.15) is 11.4 Å². The van der Waals surface area contributed by atoms with Crippen LogP contribution in [-0.4, -0.2) is 40.6 Å². The number of primary amides is 1. The number of methoxy groups -OCH3 is 1. The average molecular weight is 363 g/mol. The Hall–Kier alpha value is -2.54. The molecule has 8 heteroatoms. The third-order valence-corrected chi connectivity index (χ3v) is 4.60. The molecule has 0 saturated carbocycles. The molecule has 2 heterocycles. The third kappa shape index (κ3) is 3.46. The lowest BCUT2D eigenvalue weighted by Crippen LogP contribution is -2.38. The van der Waals surface area contributed by atoms with Crippen LogP contribution in [0.15, 0.2) is 24.3 Å². The van der Waals surface area contributed by atoms with Crippen molar-refractivity contribution in [3.05, 3.63) is 46.2 Å². The number of carbonyl (C=O) groups is 2. The number of amides is 2. The quantitative estimate of drug-likeness (QED) is 0.872. The van der Waals surface area contributed by atoms with Gasteiger partial charge in [0.2, 0.25) is 0 Å². The van der Waals surface area contributed by atoms with Crippen molar-refractivity contribution in [2.75, 3.05) is 13.7 Å². The zero-order chi connectivity index (χ0) is 18.0. The molecular weight excluding hydrogens is 344 g/mol. The van der Waals surface area contributed by atoms with E-state index >= 15 is 0 Å². The summed E-state index contributed by atoms with van der Waals surface area (Å²) in [7, 11) is 1.52. The topological polar surface area (TPSA) is 101 Å². The Morgan fingerprint density at radius 3 is 2.84 bits per heavy atom. The molecular formula is C17H19ClN4O3. The Bertz CT molecular complexity index is 805. The number of halogens is 1. The van der Waals surface area contributed by atoms with Crippen LogP contribution in [0.1, 0.15) is 51.8 Å². The number of hydrogen-bond acceptors (Lipinski definition) is 4. The summed E-state index contributed by atoms with van der Waals surface area (Å²) in [4.78, 5) is 26.2. The summed E-state index contributed by atoms with van der Waals surface area (Å²) < 4.78 is 5.30. The Morgan fingerprint density at radius 1 is 1.36 bits per heavy atom. The van der Waals surface area contributed by atoms with E-state index < -0.39 is 5.91 Å². The van der Waals surface area contributed by atoms with Crippen molar-refractivity contribution < 1.29 is 14.3 Å². The number of nitrogens with zero attached hydrogens (tertiary/aromatic N) is 2. The maximum atomic E-state index is 13.1. The molecule has 0 radical (unpaired) electrons. The van der Waals surface area contributed by atoms with Crippen molar-refractivity contribution in [3.8, 4) is 5.75 Å². The van der Waals surface area contributed by atoms with E-state index in [2.05, 4.69) is 10.2 Å². The van der Waals surface area contributed by atoms with E-state index in [0.29, 0.717) is 28.6 Å². The van der Waals surface area contributed by atoms with Gasteiger partial charge in [-0.3, -0.25) is 14.7 Å². The fraction of sp³-hybridized carbons (Fsp3) is 0.353. The molecule has 2 aromatic rings. The number of hydrogen-bond donors (Lipinski definition) is 2. The van der Waals surface area contributed by atoms with Gasteiger partial charge < -0.3 is 15.4 Å². The molecule has 7 nitrogen and oxygen atoms in total. The Balaban J connectivity index is 1.94. The molecule has 25 heavy (non-hydrogen) atoms. The molecule has 1 fully saturated rings. The number of H-pyrrole nitrogens is 1. The molecule has 3 N–H and O–H groups in total. The van der Waals surface area contributed by atoms with Gasteiger partial charge in [-0.05, 0) is 43.5 Å². The molecule has 1 unspecified atom stereocenters. The van der Waals surface area contributed by atoms with Crippen molar-refractivity contribution in [2.24, 2.45) is 5.73 Å². The zero-order valence-corrected chi connectivity index (χ0v) is 14.5. The van der Waals surface area contributed by atoms with Crippen LogP contribution >= 0.6 is 11.6 Å². The smallest absolute Gasteiger partial charge is 0.269 e. The number of nitrogens with two attached hydrogens (primary N) is 1. The van der Waals surface area contributed by atoms with E-state index in [-0.39, 0.29) is 17.6 Å². The van der Waals surface area contributed by atoms with Crippen LogP contribution in [0.2, 0.25) is 5.02 Å². The highest BCUT2D eigenvalue weighted by molar-refractivity contribution is 6.31. The van der Waals surface area contributed by atoms with Crippen molar-refractivity contribution in [1.29, 1.82) is 0 Å². The second kappa shape index (κ2) is 7.14. The summed E-state index contributed by atoms with van der Waals surface area (Å²) in [6.45, 7) is 0.601. The van der Waals surface area contributed by atoms with E-state index in [1.54, 1.807) is 29.2 Å². The van der Waals surface area contributed by atoms with Gasteiger partial charge in [-0.15, -0.1) is 0 Å². The van der Waals surface area contributed by atoms with Crippen molar-refractivity contribution >= 4 is 23.4 Å². The van der Waals surface area contributed by atoms with Crippen molar-refractivity contribution in [1.82, 2.24) is 15.1 Å². The average Bonchev–Trinajstić information content (AvgIpc) is 3.11. The second-order valence-corrected chi connectivity index (χ2v) is 6.36. The van der Waals surface area contributed by atoms with E-state index in [1.165, 1.54) is 7.11 Å². The monoisotopic (exact) mass is 362 g/mol. The highest BCUT2D eigenvalue weighted by atomic mass is 35.5. The number of likely N-dealkylation sites (tertiary alicyclic amines) is 1. The predicted octanol–water partition coefficient (Wildman–Crippen LogP) is 2.54. The molecule has 1 aromatic carbocycles. The molecule has 0 bridgehead atoms. The maximum Gasteiger partial charge on any atom is 0.269 e. The summed E-state index contributed by atoms with van der Waals surface area (Å²) in [6, 6.07) is 6.37. The van der Waals surface area contributed by atoms with Gasteiger partial charge in [0.15, 0.2) is 0 Å². The minimum Gasteiger partial charge on any atom is -0.496 e. The van der Waals surface area contributed by atoms with Gasteiger partial charge in [-0.1, -0.05) is 11.6 Å². The van der Waals surface area contributed by atoms with Gasteiger partial charge in [0.05, 0.1) is 24.4 Å². The summed E-state index contributed by atoms with van der Waals surface area (Å²) in [5, 5.41) is 7.22. The number of benzene rings is 1. The van der Waals surface area contributed by atoms with Gasteiger partial charge in [0, 0.05) is 11.6 Å².